The van der Waals surface area contributed by atoms with Crippen LogP contribution in [0.1, 0.15) is 51.3 Å². The maximum atomic E-state index is 11.9. The highest BCUT2D eigenvalue weighted by atomic mass is 16.5. The standard InChI is InChI=1S/C18H23N5O2/c1-3-12-7-11(9-16(24)25-4-2)8-13(12)18-22-21-15-10-20-17-14(23(15)18)5-6-19-17/h5-6,10-13,19H,3-4,7-9H2,1-2H3/t11-,12+,13+/m0/s1. The summed E-state index contributed by atoms with van der Waals surface area (Å²) in [6.45, 7) is 4.50. The SMILES string of the molecule is CCOC(=O)C[C@H]1C[C@@H](CC)[C@H](c2nnc3cnc4[nH]ccc4n23)C1. The van der Waals surface area contributed by atoms with Gasteiger partial charge >= 0.3 is 5.97 Å². The summed E-state index contributed by atoms with van der Waals surface area (Å²) in [5, 5.41) is 8.82. The first kappa shape index (κ1) is 16.1. The van der Waals surface area contributed by atoms with Gasteiger partial charge in [-0.3, -0.25) is 9.20 Å². The molecule has 0 aromatic carbocycles. The van der Waals surface area contributed by atoms with E-state index < -0.39 is 0 Å². The maximum absolute atomic E-state index is 11.9. The lowest BCUT2D eigenvalue weighted by Crippen LogP contribution is -2.10. The molecule has 1 aliphatic rings. The summed E-state index contributed by atoms with van der Waals surface area (Å²) < 4.78 is 7.24. The van der Waals surface area contributed by atoms with Gasteiger partial charge in [0.25, 0.3) is 0 Å². The zero-order valence-electron chi connectivity index (χ0n) is 14.6. The van der Waals surface area contributed by atoms with Crippen molar-refractivity contribution in [2.24, 2.45) is 11.8 Å². The van der Waals surface area contributed by atoms with Crippen LogP contribution in [-0.2, 0) is 9.53 Å². The molecule has 7 nitrogen and oxygen atoms in total. The molecule has 0 amide bonds. The minimum atomic E-state index is -0.0914. The number of carbonyl (C=O) groups excluding carboxylic acids is 1. The summed E-state index contributed by atoms with van der Waals surface area (Å²) >= 11 is 0. The number of ether oxygens (including phenoxy) is 1. The number of fused-ring (bicyclic) bond motifs is 3. The number of hydrogen-bond acceptors (Lipinski definition) is 5. The minimum absolute atomic E-state index is 0.0914. The average Bonchev–Trinajstić information content (AvgIpc) is 3.31. The summed E-state index contributed by atoms with van der Waals surface area (Å²) in [5.74, 6) is 2.06. The number of carbonyl (C=O) groups is 1. The number of nitrogens with one attached hydrogen (secondary N) is 1. The fourth-order valence-electron chi connectivity index (χ4n) is 4.27. The maximum Gasteiger partial charge on any atom is 0.306 e. The van der Waals surface area contributed by atoms with Crippen LogP contribution >= 0.6 is 0 Å². The molecule has 132 valence electrons. The van der Waals surface area contributed by atoms with Gasteiger partial charge in [-0.15, -0.1) is 10.2 Å². The van der Waals surface area contributed by atoms with Gasteiger partial charge in [-0.2, -0.15) is 0 Å². The van der Waals surface area contributed by atoms with Crippen molar-refractivity contribution < 1.29 is 9.53 Å². The number of esters is 1. The van der Waals surface area contributed by atoms with Crippen molar-refractivity contribution in [2.75, 3.05) is 6.61 Å². The summed E-state index contributed by atoms with van der Waals surface area (Å²) in [6, 6.07) is 2.01. The van der Waals surface area contributed by atoms with E-state index in [1.54, 1.807) is 6.20 Å². The van der Waals surface area contributed by atoms with Crippen molar-refractivity contribution >= 4 is 22.8 Å². The van der Waals surface area contributed by atoms with Crippen LogP contribution in [0.3, 0.4) is 0 Å². The van der Waals surface area contributed by atoms with Crippen LogP contribution in [0, 0.1) is 11.8 Å². The molecule has 4 rings (SSSR count). The van der Waals surface area contributed by atoms with Crippen molar-refractivity contribution in [3.05, 3.63) is 24.3 Å². The van der Waals surface area contributed by atoms with Gasteiger partial charge in [-0.25, -0.2) is 4.98 Å². The number of hydrogen-bond donors (Lipinski definition) is 1. The molecular weight excluding hydrogens is 318 g/mol. The van der Waals surface area contributed by atoms with E-state index in [1.165, 1.54) is 0 Å². The second-order valence-corrected chi connectivity index (χ2v) is 6.84. The van der Waals surface area contributed by atoms with Crippen LogP contribution in [-0.4, -0.2) is 37.1 Å². The second-order valence-electron chi connectivity index (χ2n) is 6.84. The summed E-state index contributed by atoms with van der Waals surface area (Å²) in [4.78, 5) is 19.4. The van der Waals surface area contributed by atoms with Crippen LogP contribution in [0.25, 0.3) is 16.8 Å². The molecule has 0 radical (unpaired) electrons. The molecule has 3 aromatic rings. The Morgan fingerprint density at radius 2 is 2.24 bits per heavy atom. The van der Waals surface area contributed by atoms with Crippen molar-refractivity contribution in [1.82, 2.24) is 24.6 Å². The zero-order valence-corrected chi connectivity index (χ0v) is 14.6. The number of rotatable bonds is 5. The van der Waals surface area contributed by atoms with E-state index in [-0.39, 0.29) is 5.97 Å². The molecule has 25 heavy (non-hydrogen) atoms. The molecule has 1 N–H and O–H groups in total. The van der Waals surface area contributed by atoms with E-state index in [0.717, 1.165) is 41.9 Å². The van der Waals surface area contributed by atoms with Gasteiger partial charge in [0.1, 0.15) is 5.82 Å². The summed E-state index contributed by atoms with van der Waals surface area (Å²) in [5.41, 5.74) is 2.61. The Labute approximate surface area is 145 Å². The molecule has 1 aliphatic carbocycles. The Hall–Kier alpha value is -2.44. The van der Waals surface area contributed by atoms with Gasteiger partial charge in [0, 0.05) is 18.5 Å². The topological polar surface area (TPSA) is 85.2 Å². The molecule has 0 spiro atoms. The zero-order chi connectivity index (χ0) is 17.4. The van der Waals surface area contributed by atoms with Crippen LogP contribution in [0.15, 0.2) is 18.5 Å². The largest absolute Gasteiger partial charge is 0.466 e. The summed E-state index contributed by atoms with van der Waals surface area (Å²) in [7, 11) is 0. The van der Waals surface area contributed by atoms with Crippen LogP contribution in [0.5, 0.6) is 0 Å². The molecule has 0 aliphatic heterocycles. The first-order valence-corrected chi connectivity index (χ1v) is 9.04. The van der Waals surface area contributed by atoms with E-state index in [2.05, 4.69) is 31.5 Å². The fourth-order valence-corrected chi connectivity index (χ4v) is 4.27. The molecular formula is C18H23N5O2. The lowest BCUT2D eigenvalue weighted by Gasteiger charge is -2.16. The lowest BCUT2D eigenvalue weighted by molar-refractivity contribution is -0.144. The van der Waals surface area contributed by atoms with E-state index in [4.69, 9.17) is 4.74 Å². The molecule has 1 fully saturated rings. The van der Waals surface area contributed by atoms with Crippen molar-refractivity contribution in [1.29, 1.82) is 0 Å². The first-order valence-electron chi connectivity index (χ1n) is 9.04. The Kier molecular flexibility index (Phi) is 4.15. The smallest absolute Gasteiger partial charge is 0.306 e. The molecule has 3 heterocycles. The van der Waals surface area contributed by atoms with Crippen LogP contribution < -0.4 is 0 Å². The minimum Gasteiger partial charge on any atom is -0.466 e. The Morgan fingerprint density at radius 1 is 1.36 bits per heavy atom. The highest BCUT2D eigenvalue weighted by molar-refractivity contribution is 5.74. The number of H-pyrrole nitrogens is 1. The van der Waals surface area contributed by atoms with Gasteiger partial charge in [-0.1, -0.05) is 13.3 Å². The normalized spacial score (nSPS) is 23.5. The number of aromatic nitrogens is 5. The lowest BCUT2D eigenvalue weighted by atomic mass is 9.93. The number of aromatic amines is 1. The highest BCUT2D eigenvalue weighted by Crippen LogP contribution is 2.45. The molecule has 0 bridgehead atoms. The predicted octanol–water partition coefficient (Wildman–Crippen LogP) is 3.08. The van der Waals surface area contributed by atoms with Crippen LogP contribution in [0.2, 0.25) is 0 Å². The molecule has 7 heteroatoms. The number of nitrogens with zero attached hydrogens (tertiary/aromatic N) is 4. The van der Waals surface area contributed by atoms with E-state index in [1.807, 2.05) is 19.2 Å². The fraction of sp³-hybridized carbons (Fsp3) is 0.556. The Bertz CT molecular complexity index is 899. The molecule has 1 saturated carbocycles. The monoisotopic (exact) mass is 341 g/mol. The highest BCUT2D eigenvalue weighted by Gasteiger charge is 2.38. The first-order chi connectivity index (χ1) is 12.2. The van der Waals surface area contributed by atoms with E-state index >= 15 is 0 Å². The molecule has 0 saturated heterocycles. The summed E-state index contributed by atoms with van der Waals surface area (Å²) in [6.07, 6.45) is 7.19. The quantitative estimate of drug-likeness (QED) is 0.721. The Morgan fingerprint density at radius 3 is 3.04 bits per heavy atom. The van der Waals surface area contributed by atoms with Gasteiger partial charge < -0.3 is 9.72 Å². The van der Waals surface area contributed by atoms with Crippen molar-refractivity contribution in [3.63, 3.8) is 0 Å². The van der Waals surface area contributed by atoms with Crippen LogP contribution in [0.4, 0.5) is 0 Å². The second kappa shape index (κ2) is 6.46. The average molecular weight is 341 g/mol. The Balaban J connectivity index is 1.67. The third-order valence-electron chi connectivity index (χ3n) is 5.38. The predicted molar refractivity (Wildman–Crippen MR) is 93.1 cm³/mol. The van der Waals surface area contributed by atoms with Crippen molar-refractivity contribution in [2.45, 2.75) is 45.4 Å². The van der Waals surface area contributed by atoms with Crippen molar-refractivity contribution in [3.8, 4) is 0 Å². The van der Waals surface area contributed by atoms with Gasteiger partial charge in [0.05, 0.1) is 18.3 Å². The van der Waals surface area contributed by atoms with Gasteiger partial charge in [-0.05, 0) is 37.7 Å². The third kappa shape index (κ3) is 2.77. The van der Waals surface area contributed by atoms with Gasteiger partial charge in [0.15, 0.2) is 11.3 Å². The third-order valence-corrected chi connectivity index (χ3v) is 5.38. The molecule has 0 unspecified atom stereocenters. The van der Waals surface area contributed by atoms with E-state index in [0.29, 0.717) is 30.8 Å². The molecule has 3 aromatic heterocycles. The van der Waals surface area contributed by atoms with Gasteiger partial charge in [0.2, 0.25) is 0 Å². The molecule has 3 atom stereocenters. The van der Waals surface area contributed by atoms with E-state index in [9.17, 15) is 4.79 Å².